The smallest absolute Gasteiger partial charge is 0.285 e. The lowest BCUT2D eigenvalue weighted by Gasteiger charge is -2.29. The van der Waals surface area contributed by atoms with Crippen LogP contribution in [0.3, 0.4) is 0 Å². The van der Waals surface area contributed by atoms with Crippen LogP contribution >= 0.6 is 27.5 Å². The molecule has 0 fully saturated rings. The molecule has 2 aliphatic rings. The molecule has 1 N–H and O–H groups in total. The van der Waals surface area contributed by atoms with E-state index in [0.717, 1.165) is 40.8 Å². The number of carbonyl (C=O) groups is 1. The maximum atomic E-state index is 13.5. The molecule has 0 aromatic heterocycles. The summed E-state index contributed by atoms with van der Waals surface area (Å²) in [6.45, 7) is 2.85. The van der Waals surface area contributed by atoms with Gasteiger partial charge in [-0.15, -0.1) is 0 Å². The summed E-state index contributed by atoms with van der Waals surface area (Å²) in [6, 6.07) is 23.9. The molecule has 2 unspecified atom stereocenters. The molecule has 33 heavy (non-hydrogen) atoms. The van der Waals surface area contributed by atoms with Crippen LogP contribution in [-0.4, -0.2) is 18.2 Å². The van der Waals surface area contributed by atoms with Crippen LogP contribution in [0.2, 0.25) is 5.02 Å². The first kappa shape index (κ1) is 22.0. The van der Waals surface area contributed by atoms with E-state index >= 15 is 0 Å². The zero-order valence-electron chi connectivity index (χ0n) is 18.2. The van der Waals surface area contributed by atoms with E-state index < -0.39 is 0 Å². The summed E-state index contributed by atoms with van der Waals surface area (Å²) in [6.07, 6.45) is 1.68. The van der Waals surface area contributed by atoms with E-state index in [-0.39, 0.29) is 17.9 Å². The van der Waals surface area contributed by atoms with Crippen LogP contribution in [-0.2, 0) is 11.2 Å². The molecular weight excluding hydrogens is 500 g/mol. The molecule has 2 aliphatic heterocycles. The molecule has 0 saturated heterocycles. The zero-order valence-corrected chi connectivity index (χ0v) is 20.6. The third-order valence-electron chi connectivity index (χ3n) is 6.32. The van der Waals surface area contributed by atoms with Crippen molar-refractivity contribution in [2.75, 3.05) is 16.6 Å². The van der Waals surface area contributed by atoms with Crippen LogP contribution < -0.4 is 15.4 Å². The summed E-state index contributed by atoms with van der Waals surface area (Å²) in [5.41, 5.74) is 7.79. The minimum Gasteiger partial charge on any atom is -0.285 e. The van der Waals surface area contributed by atoms with E-state index in [1.54, 1.807) is 0 Å². The highest BCUT2D eigenvalue weighted by atomic mass is 79.9. The van der Waals surface area contributed by atoms with Gasteiger partial charge in [-0.2, -0.15) is 5.10 Å². The van der Waals surface area contributed by atoms with Crippen LogP contribution in [0.1, 0.15) is 30.5 Å². The van der Waals surface area contributed by atoms with Crippen molar-refractivity contribution in [1.29, 1.82) is 0 Å². The number of halogens is 2. The van der Waals surface area contributed by atoms with Crippen molar-refractivity contribution in [3.8, 4) is 0 Å². The Labute approximate surface area is 207 Å². The first-order valence-corrected chi connectivity index (χ1v) is 12.3. The molecule has 1 amide bonds. The Hall–Kier alpha value is -2.83. The zero-order chi connectivity index (χ0) is 22.9. The molecule has 2 heterocycles. The van der Waals surface area contributed by atoms with E-state index in [4.69, 9.17) is 16.7 Å². The number of anilines is 2. The van der Waals surface area contributed by atoms with E-state index in [9.17, 15) is 4.79 Å². The lowest BCUT2D eigenvalue weighted by atomic mass is 9.87. The largest absolute Gasteiger partial charge is 0.286 e. The molecule has 7 heteroatoms. The monoisotopic (exact) mass is 522 g/mol. The molecule has 0 saturated carbocycles. The molecule has 168 valence electrons. The fraction of sp³-hybridized carbons (Fsp3) is 0.231. The standard InChI is InChI=1S/C26H24BrClN4O/c1-2-20-24(26(33)30-31-16-15-17-7-3-5-9-22(17)31)29-32(23-10-6-4-8-21(23)28)25(20)18-11-13-19(27)14-12-18/h3-14,20,25H,2,15-16H2,1H3,(H,30,33). The second-order valence-corrected chi connectivity index (χ2v) is 9.59. The van der Waals surface area contributed by atoms with Crippen molar-refractivity contribution < 1.29 is 4.79 Å². The molecular formula is C26H24BrClN4O. The summed E-state index contributed by atoms with van der Waals surface area (Å²) in [4.78, 5) is 13.5. The summed E-state index contributed by atoms with van der Waals surface area (Å²) in [5, 5.41) is 9.31. The molecule has 0 spiro atoms. The normalized spacial score (nSPS) is 19.4. The lowest BCUT2D eigenvalue weighted by Crippen LogP contribution is -2.46. The Morgan fingerprint density at radius 3 is 2.48 bits per heavy atom. The number of fused-ring (bicyclic) bond motifs is 1. The van der Waals surface area contributed by atoms with Gasteiger partial charge in [0.05, 0.1) is 22.4 Å². The van der Waals surface area contributed by atoms with Crippen molar-refractivity contribution in [3.05, 3.63) is 93.4 Å². The molecule has 0 aliphatic carbocycles. The topological polar surface area (TPSA) is 47.9 Å². The fourth-order valence-electron chi connectivity index (χ4n) is 4.71. The first-order valence-electron chi connectivity index (χ1n) is 11.1. The number of hydrazone groups is 1. The third-order valence-corrected chi connectivity index (χ3v) is 7.17. The molecule has 0 radical (unpaired) electrons. The van der Waals surface area contributed by atoms with Gasteiger partial charge in [-0.25, -0.2) is 0 Å². The summed E-state index contributed by atoms with van der Waals surface area (Å²) < 4.78 is 1.01. The van der Waals surface area contributed by atoms with Crippen molar-refractivity contribution >= 4 is 50.5 Å². The van der Waals surface area contributed by atoms with Gasteiger partial charge in [0, 0.05) is 16.9 Å². The van der Waals surface area contributed by atoms with Crippen molar-refractivity contribution in [2.45, 2.75) is 25.8 Å². The number of hydrogen-bond acceptors (Lipinski definition) is 4. The summed E-state index contributed by atoms with van der Waals surface area (Å²) >= 11 is 10.1. The fourth-order valence-corrected chi connectivity index (χ4v) is 5.20. The number of nitrogens with zero attached hydrogens (tertiary/aromatic N) is 3. The van der Waals surface area contributed by atoms with E-state index in [2.05, 4.69) is 46.5 Å². The Balaban J connectivity index is 1.51. The van der Waals surface area contributed by atoms with Crippen molar-refractivity contribution in [1.82, 2.24) is 5.43 Å². The molecule has 5 rings (SSSR count). The van der Waals surface area contributed by atoms with Crippen molar-refractivity contribution in [2.24, 2.45) is 11.0 Å². The molecule has 3 aromatic rings. The lowest BCUT2D eigenvalue weighted by molar-refractivity contribution is -0.115. The maximum absolute atomic E-state index is 13.5. The Kier molecular flexibility index (Phi) is 6.13. The van der Waals surface area contributed by atoms with Crippen molar-refractivity contribution in [3.63, 3.8) is 0 Å². The molecule has 5 nitrogen and oxygen atoms in total. The average Bonchev–Trinajstić information content (AvgIpc) is 3.42. The Bertz CT molecular complexity index is 1210. The number of rotatable bonds is 5. The minimum absolute atomic E-state index is 0.0831. The van der Waals surface area contributed by atoms with Gasteiger partial charge in [0.25, 0.3) is 5.91 Å². The minimum atomic E-state index is -0.171. The van der Waals surface area contributed by atoms with Crippen LogP contribution in [0.25, 0.3) is 0 Å². The summed E-state index contributed by atoms with van der Waals surface area (Å²) in [7, 11) is 0. The highest BCUT2D eigenvalue weighted by molar-refractivity contribution is 9.10. The highest BCUT2D eigenvalue weighted by Gasteiger charge is 2.42. The molecule has 3 aromatic carbocycles. The molecule has 0 bridgehead atoms. The predicted molar refractivity (Wildman–Crippen MR) is 138 cm³/mol. The predicted octanol–water partition coefficient (Wildman–Crippen LogP) is 6.14. The number of benzene rings is 3. The van der Waals surface area contributed by atoms with Gasteiger partial charge in [0.15, 0.2) is 0 Å². The van der Waals surface area contributed by atoms with Gasteiger partial charge >= 0.3 is 0 Å². The van der Waals surface area contributed by atoms with Crippen LogP contribution in [0.15, 0.2) is 82.4 Å². The van der Waals surface area contributed by atoms with Gasteiger partial charge in [0.2, 0.25) is 0 Å². The number of amides is 1. The van der Waals surface area contributed by atoms with E-state index in [0.29, 0.717) is 10.7 Å². The number of hydrogen-bond donors (Lipinski definition) is 1. The number of nitrogens with one attached hydrogen (secondary N) is 1. The summed E-state index contributed by atoms with van der Waals surface area (Å²) in [5.74, 6) is -0.254. The average molecular weight is 524 g/mol. The second-order valence-electron chi connectivity index (χ2n) is 8.26. The number of para-hydroxylation sites is 2. The SMILES string of the molecule is CCC1C(C(=O)NN2CCc3ccccc32)=NN(c2ccccc2Cl)C1c1ccc(Br)cc1. The van der Waals surface area contributed by atoms with Gasteiger partial charge < -0.3 is 0 Å². The Morgan fingerprint density at radius 2 is 1.76 bits per heavy atom. The Morgan fingerprint density at radius 1 is 1.06 bits per heavy atom. The maximum Gasteiger partial charge on any atom is 0.286 e. The number of hydrazine groups is 1. The van der Waals surface area contributed by atoms with Crippen LogP contribution in [0.4, 0.5) is 11.4 Å². The van der Waals surface area contributed by atoms with E-state index in [1.807, 2.05) is 64.6 Å². The van der Waals surface area contributed by atoms with Crippen LogP contribution in [0, 0.1) is 5.92 Å². The first-order chi connectivity index (χ1) is 16.1. The number of carbonyl (C=O) groups excluding carboxylic acids is 1. The highest BCUT2D eigenvalue weighted by Crippen LogP contribution is 2.43. The van der Waals surface area contributed by atoms with Gasteiger partial charge in [-0.1, -0.05) is 76.9 Å². The second kappa shape index (κ2) is 9.20. The van der Waals surface area contributed by atoms with Crippen LogP contribution in [0.5, 0.6) is 0 Å². The third kappa shape index (κ3) is 4.13. The van der Waals surface area contributed by atoms with Gasteiger partial charge in [-0.3, -0.25) is 20.2 Å². The quantitative estimate of drug-likeness (QED) is 0.437. The van der Waals surface area contributed by atoms with E-state index in [1.165, 1.54) is 5.56 Å². The van der Waals surface area contributed by atoms with Gasteiger partial charge in [0.1, 0.15) is 5.71 Å². The molecule has 2 atom stereocenters. The van der Waals surface area contributed by atoms with Gasteiger partial charge in [-0.05, 0) is 54.3 Å².